The molecule has 2 rings (SSSR count). The zero-order valence-electron chi connectivity index (χ0n) is 10.3. The topological polar surface area (TPSA) is 42.0 Å². The first-order chi connectivity index (χ1) is 7.97. The standard InChI is InChI=1S/C13H16N2OS/c1-13(2,3)11(16)8-14-12-15-9-6-4-5-7-10(9)17-12/h4-7H,8H2,1-3H3,(H,14,15). The highest BCUT2D eigenvalue weighted by Crippen LogP contribution is 2.25. The van der Waals surface area contributed by atoms with Gasteiger partial charge in [0.15, 0.2) is 10.9 Å². The van der Waals surface area contributed by atoms with Gasteiger partial charge in [0, 0.05) is 5.41 Å². The van der Waals surface area contributed by atoms with Crippen molar-refractivity contribution >= 4 is 32.5 Å². The van der Waals surface area contributed by atoms with Crippen LogP contribution in [0.3, 0.4) is 0 Å². The Balaban J connectivity index is 2.07. The molecule has 0 unspecified atom stereocenters. The van der Waals surface area contributed by atoms with E-state index in [4.69, 9.17) is 0 Å². The van der Waals surface area contributed by atoms with Gasteiger partial charge in [-0.15, -0.1) is 0 Å². The fraction of sp³-hybridized carbons (Fsp3) is 0.385. The van der Waals surface area contributed by atoms with Gasteiger partial charge in [0.05, 0.1) is 16.8 Å². The van der Waals surface area contributed by atoms with E-state index >= 15 is 0 Å². The Bertz CT molecular complexity index is 507. The van der Waals surface area contributed by atoms with Crippen LogP contribution in [-0.2, 0) is 4.79 Å². The van der Waals surface area contributed by atoms with E-state index in [-0.39, 0.29) is 11.2 Å². The first kappa shape index (κ1) is 12.0. The lowest BCUT2D eigenvalue weighted by molar-refractivity contribution is -0.124. The molecule has 3 nitrogen and oxygen atoms in total. The van der Waals surface area contributed by atoms with Crippen molar-refractivity contribution in [3.8, 4) is 0 Å². The number of rotatable bonds is 3. The SMILES string of the molecule is CC(C)(C)C(=O)CNc1nc2ccccc2s1. The summed E-state index contributed by atoms with van der Waals surface area (Å²) < 4.78 is 1.14. The van der Waals surface area contributed by atoms with Gasteiger partial charge >= 0.3 is 0 Å². The first-order valence-electron chi connectivity index (χ1n) is 5.59. The highest BCUT2D eigenvalue weighted by Gasteiger charge is 2.20. The van der Waals surface area contributed by atoms with Crippen molar-refractivity contribution in [2.24, 2.45) is 5.41 Å². The van der Waals surface area contributed by atoms with E-state index in [1.807, 2.05) is 45.0 Å². The van der Waals surface area contributed by atoms with Gasteiger partial charge in [-0.3, -0.25) is 4.79 Å². The number of aromatic nitrogens is 1. The molecule has 0 aliphatic heterocycles. The van der Waals surface area contributed by atoms with E-state index in [0.717, 1.165) is 15.3 Å². The number of thiazole rings is 1. The van der Waals surface area contributed by atoms with Crippen molar-refractivity contribution in [3.05, 3.63) is 24.3 Å². The Morgan fingerprint density at radius 1 is 1.35 bits per heavy atom. The number of para-hydroxylation sites is 1. The Hall–Kier alpha value is -1.42. The van der Waals surface area contributed by atoms with E-state index in [1.54, 1.807) is 11.3 Å². The summed E-state index contributed by atoms with van der Waals surface area (Å²) in [5.74, 6) is 0.191. The summed E-state index contributed by atoms with van der Waals surface area (Å²) in [7, 11) is 0. The van der Waals surface area contributed by atoms with E-state index in [1.165, 1.54) is 0 Å². The normalized spacial score (nSPS) is 11.7. The molecular weight excluding hydrogens is 232 g/mol. The molecule has 2 aromatic rings. The fourth-order valence-electron chi connectivity index (χ4n) is 1.37. The molecule has 1 aromatic heterocycles. The Kier molecular flexibility index (Phi) is 3.15. The monoisotopic (exact) mass is 248 g/mol. The molecule has 0 aliphatic carbocycles. The van der Waals surface area contributed by atoms with Gasteiger partial charge in [-0.1, -0.05) is 44.2 Å². The van der Waals surface area contributed by atoms with Gasteiger partial charge in [-0.2, -0.15) is 0 Å². The van der Waals surface area contributed by atoms with Crippen LogP contribution in [0, 0.1) is 5.41 Å². The lowest BCUT2D eigenvalue weighted by atomic mass is 9.91. The molecule has 1 aromatic carbocycles. The van der Waals surface area contributed by atoms with Crippen LogP contribution in [0.2, 0.25) is 0 Å². The third-order valence-corrected chi connectivity index (χ3v) is 3.52. The van der Waals surface area contributed by atoms with Crippen LogP contribution < -0.4 is 5.32 Å². The predicted octanol–water partition coefficient (Wildman–Crippen LogP) is 3.32. The zero-order valence-corrected chi connectivity index (χ0v) is 11.1. The Morgan fingerprint density at radius 3 is 2.71 bits per heavy atom. The highest BCUT2D eigenvalue weighted by molar-refractivity contribution is 7.22. The van der Waals surface area contributed by atoms with Gasteiger partial charge in [0.2, 0.25) is 0 Å². The van der Waals surface area contributed by atoms with E-state index in [2.05, 4.69) is 10.3 Å². The predicted molar refractivity (Wildman–Crippen MR) is 72.6 cm³/mol. The number of carbonyl (C=O) groups is 1. The van der Waals surface area contributed by atoms with Crippen molar-refractivity contribution in [3.63, 3.8) is 0 Å². The number of fused-ring (bicyclic) bond motifs is 1. The van der Waals surface area contributed by atoms with Crippen LogP contribution in [0.4, 0.5) is 5.13 Å². The molecular formula is C13H16N2OS. The van der Waals surface area contributed by atoms with Crippen molar-refractivity contribution in [2.75, 3.05) is 11.9 Å². The molecule has 0 saturated heterocycles. The van der Waals surface area contributed by atoms with Gasteiger partial charge in [-0.05, 0) is 12.1 Å². The number of ketones is 1. The number of nitrogens with zero attached hydrogens (tertiary/aromatic N) is 1. The quantitative estimate of drug-likeness (QED) is 0.906. The molecule has 0 saturated carbocycles. The molecule has 1 N–H and O–H groups in total. The van der Waals surface area contributed by atoms with E-state index in [9.17, 15) is 4.79 Å². The number of benzene rings is 1. The molecule has 1 heterocycles. The summed E-state index contributed by atoms with van der Waals surface area (Å²) in [6, 6.07) is 7.96. The lowest BCUT2D eigenvalue weighted by Crippen LogP contribution is -2.27. The average Bonchev–Trinajstić information content (AvgIpc) is 2.66. The third kappa shape index (κ3) is 2.82. The smallest absolute Gasteiger partial charge is 0.184 e. The maximum absolute atomic E-state index is 11.8. The highest BCUT2D eigenvalue weighted by atomic mass is 32.1. The fourth-order valence-corrected chi connectivity index (χ4v) is 2.23. The van der Waals surface area contributed by atoms with E-state index in [0.29, 0.717) is 6.54 Å². The largest absolute Gasteiger partial charge is 0.354 e. The van der Waals surface area contributed by atoms with Crippen LogP contribution in [-0.4, -0.2) is 17.3 Å². The first-order valence-corrected chi connectivity index (χ1v) is 6.41. The molecule has 0 radical (unpaired) electrons. The van der Waals surface area contributed by atoms with Crippen molar-refractivity contribution in [1.82, 2.24) is 4.98 Å². The minimum atomic E-state index is -0.302. The molecule has 90 valence electrons. The minimum absolute atomic E-state index is 0.191. The molecule has 0 spiro atoms. The summed E-state index contributed by atoms with van der Waals surface area (Å²) in [5, 5.41) is 3.91. The number of hydrogen-bond acceptors (Lipinski definition) is 4. The number of anilines is 1. The lowest BCUT2D eigenvalue weighted by Gasteiger charge is -2.16. The zero-order chi connectivity index (χ0) is 12.5. The van der Waals surface area contributed by atoms with Gasteiger partial charge in [-0.25, -0.2) is 4.98 Å². The second-order valence-corrected chi connectivity index (χ2v) is 6.04. The summed E-state index contributed by atoms with van der Waals surface area (Å²) in [6.45, 7) is 6.11. The summed E-state index contributed by atoms with van der Waals surface area (Å²) in [6.07, 6.45) is 0. The number of carbonyl (C=O) groups excluding carboxylic acids is 1. The molecule has 0 atom stereocenters. The Morgan fingerprint density at radius 2 is 2.06 bits per heavy atom. The van der Waals surface area contributed by atoms with E-state index < -0.39 is 0 Å². The second-order valence-electron chi connectivity index (χ2n) is 5.01. The van der Waals surface area contributed by atoms with Crippen molar-refractivity contribution in [2.45, 2.75) is 20.8 Å². The van der Waals surface area contributed by atoms with Crippen molar-refractivity contribution < 1.29 is 4.79 Å². The summed E-state index contributed by atoms with van der Waals surface area (Å²) in [4.78, 5) is 16.2. The molecule has 0 aliphatic rings. The summed E-state index contributed by atoms with van der Waals surface area (Å²) in [5.41, 5.74) is 0.673. The average molecular weight is 248 g/mol. The maximum Gasteiger partial charge on any atom is 0.184 e. The van der Waals surface area contributed by atoms with Crippen LogP contribution in [0.1, 0.15) is 20.8 Å². The molecule has 0 amide bonds. The molecule has 0 bridgehead atoms. The Labute approximate surface area is 105 Å². The van der Waals surface area contributed by atoms with Crippen LogP contribution in [0.25, 0.3) is 10.2 Å². The summed E-state index contributed by atoms with van der Waals surface area (Å²) >= 11 is 1.58. The molecule has 4 heteroatoms. The second kappa shape index (κ2) is 4.45. The van der Waals surface area contributed by atoms with Gasteiger partial charge in [0.25, 0.3) is 0 Å². The van der Waals surface area contributed by atoms with Gasteiger partial charge < -0.3 is 5.32 Å². The van der Waals surface area contributed by atoms with Crippen LogP contribution >= 0.6 is 11.3 Å². The number of hydrogen-bond donors (Lipinski definition) is 1. The molecule has 17 heavy (non-hydrogen) atoms. The number of Topliss-reactive ketones (excluding diaryl/α,β-unsaturated/α-hetero) is 1. The minimum Gasteiger partial charge on any atom is -0.354 e. The third-order valence-electron chi connectivity index (χ3n) is 2.53. The maximum atomic E-state index is 11.8. The van der Waals surface area contributed by atoms with Gasteiger partial charge in [0.1, 0.15) is 0 Å². The van der Waals surface area contributed by atoms with Crippen LogP contribution in [0.5, 0.6) is 0 Å². The number of nitrogens with one attached hydrogen (secondary N) is 1. The van der Waals surface area contributed by atoms with Crippen molar-refractivity contribution in [1.29, 1.82) is 0 Å². The van der Waals surface area contributed by atoms with Crippen LogP contribution in [0.15, 0.2) is 24.3 Å². The molecule has 0 fully saturated rings.